The van der Waals surface area contributed by atoms with E-state index in [1.807, 2.05) is 41.1 Å². The molecule has 0 fully saturated rings. The van der Waals surface area contributed by atoms with Crippen LogP contribution in [0.3, 0.4) is 0 Å². The third kappa shape index (κ3) is 3.50. The number of nitrogens with zero attached hydrogens (tertiary/aromatic N) is 3. The number of rotatable bonds is 5. The first-order valence-electron chi connectivity index (χ1n) is 12.1. The standard InChI is InChI=1S/C29H28N4O3/c1-17(2)18-9-11-19(12-10-18)27-25-26(32-29-30-16-31-33(27)29)21-7-5-6-8-22(21)36-28(25)20-13-14-23(34-3)24(15-20)35-4/h5-17,27-28H,1-4H3,(H,30,31,32)/t27-,28+/m0/s1. The number of benzene rings is 3. The molecule has 3 aromatic carbocycles. The maximum atomic E-state index is 6.71. The Hall–Kier alpha value is -4.26. The van der Waals surface area contributed by atoms with Crippen molar-refractivity contribution in [3.05, 3.63) is 101 Å². The van der Waals surface area contributed by atoms with Gasteiger partial charge in [-0.1, -0.05) is 56.3 Å². The van der Waals surface area contributed by atoms with Crippen molar-refractivity contribution in [3.8, 4) is 17.2 Å². The number of aromatic nitrogens is 3. The van der Waals surface area contributed by atoms with Crippen LogP contribution >= 0.6 is 0 Å². The summed E-state index contributed by atoms with van der Waals surface area (Å²) in [6, 6.07) is 22.6. The predicted octanol–water partition coefficient (Wildman–Crippen LogP) is 5.98. The number of anilines is 1. The van der Waals surface area contributed by atoms with Crippen molar-refractivity contribution in [2.75, 3.05) is 19.5 Å². The third-order valence-electron chi connectivity index (χ3n) is 6.95. The van der Waals surface area contributed by atoms with Gasteiger partial charge in [0, 0.05) is 16.7 Å². The average Bonchev–Trinajstić information content (AvgIpc) is 3.39. The lowest BCUT2D eigenvalue weighted by Crippen LogP contribution is -2.32. The summed E-state index contributed by atoms with van der Waals surface area (Å²) in [7, 11) is 3.28. The number of para-hydroxylation sites is 1. The number of hydrogen-bond donors (Lipinski definition) is 1. The fourth-order valence-corrected chi connectivity index (χ4v) is 5.09. The number of fused-ring (bicyclic) bond motifs is 3. The van der Waals surface area contributed by atoms with Crippen LogP contribution in [0.2, 0.25) is 0 Å². The minimum Gasteiger partial charge on any atom is -0.493 e. The van der Waals surface area contributed by atoms with Crippen molar-refractivity contribution in [2.24, 2.45) is 0 Å². The lowest BCUT2D eigenvalue weighted by atomic mass is 9.84. The van der Waals surface area contributed by atoms with Gasteiger partial charge in [0.05, 0.1) is 19.9 Å². The van der Waals surface area contributed by atoms with E-state index in [2.05, 4.69) is 59.6 Å². The van der Waals surface area contributed by atoms with Crippen LogP contribution in [-0.4, -0.2) is 29.0 Å². The van der Waals surface area contributed by atoms with Crippen LogP contribution in [0.5, 0.6) is 17.2 Å². The molecule has 36 heavy (non-hydrogen) atoms. The molecule has 1 aromatic heterocycles. The van der Waals surface area contributed by atoms with E-state index in [0.29, 0.717) is 23.4 Å². The fraction of sp³-hybridized carbons (Fsp3) is 0.241. The first-order chi connectivity index (χ1) is 17.6. The quantitative estimate of drug-likeness (QED) is 0.379. The number of ether oxygens (including phenoxy) is 3. The fourth-order valence-electron chi connectivity index (χ4n) is 5.09. The molecule has 7 nitrogen and oxygen atoms in total. The van der Waals surface area contributed by atoms with Crippen LogP contribution in [-0.2, 0) is 0 Å². The van der Waals surface area contributed by atoms with Crippen LogP contribution < -0.4 is 19.5 Å². The second kappa shape index (κ2) is 8.75. The highest BCUT2D eigenvalue weighted by atomic mass is 16.5. The van der Waals surface area contributed by atoms with Gasteiger partial charge in [0.2, 0.25) is 5.95 Å². The molecule has 2 atom stereocenters. The van der Waals surface area contributed by atoms with Gasteiger partial charge in [-0.15, -0.1) is 0 Å². The Bertz CT molecular complexity index is 1460. The molecule has 0 amide bonds. The zero-order valence-electron chi connectivity index (χ0n) is 20.7. The highest BCUT2D eigenvalue weighted by Crippen LogP contribution is 2.51. The summed E-state index contributed by atoms with van der Waals surface area (Å²) in [5, 5.41) is 8.17. The lowest BCUT2D eigenvalue weighted by molar-refractivity contribution is 0.222. The molecule has 7 heteroatoms. The molecule has 3 heterocycles. The Morgan fingerprint density at radius 2 is 1.67 bits per heavy atom. The Morgan fingerprint density at radius 1 is 0.917 bits per heavy atom. The largest absolute Gasteiger partial charge is 0.493 e. The van der Waals surface area contributed by atoms with Crippen molar-refractivity contribution in [2.45, 2.75) is 31.9 Å². The van der Waals surface area contributed by atoms with Gasteiger partial charge >= 0.3 is 0 Å². The minimum atomic E-state index is -0.380. The van der Waals surface area contributed by atoms with Crippen LogP contribution in [0.4, 0.5) is 5.95 Å². The summed E-state index contributed by atoms with van der Waals surface area (Å²) in [6.07, 6.45) is 1.21. The summed E-state index contributed by atoms with van der Waals surface area (Å²) < 4.78 is 19.8. The smallest absolute Gasteiger partial charge is 0.226 e. The van der Waals surface area contributed by atoms with Gasteiger partial charge in [-0.2, -0.15) is 10.1 Å². The summed E-state index contributed by atoms with van der Waals surface area (Å²) in [5.74, 6) is 3.29. The van der Waals surface area contributed by atoms with Crippen LogP contribution in [0.1, 0.15) is 54.2 Å². The molecule has 1 N–H and O–H groups in total. The number of nitrogens with one attached hydrogen (secondary N) is 1. The molecule has 0 radical (unpaired) electrons. The highest BCUT2D eigenvalue weighted by molar-refractivity contribution is 5.85. The van der Waals surface area contributed by atoms with E-state index in [1.54, 1.807) is 20.5 Å². The van der Waals surface area contributed by atoms with Crippen molar-refractivity contribution < 1.29 is 14.2 Å². The van der Waals surface area contributed by atoms with E-state index in [0.717, 1.165) is 33.7 Å². The van der Waals surface area contributed by atoms with E-state index in [9.17, 15) is 0 Å². The molecular weight excluding hydrogens is 452 g/mol. The lowest BCUT2D eigenvalue weighted by Gasteiger charge is -2.39. The molecular formula is C29H28N4O3. The van der Waals surface area contributed by atoms with Gasteiger partial charge < -0.3 is 19.5 Å². The molecule has 0 unspecified atom stereocenters. The first-order valence-corrected chi connectivity index (χ1v) is 12.1. The number of methoxy groups -OCH3 is 2. The molecule has 2 aliphatic rings. The van der Waals surface area contributed by atoms with E-state index < -0.39 is 0 Å². The van der Waals surface area contributed by atoms with Gasteiger partial charge in [0.15, 0.2) is 11.5 Å². The van der Waals surface area contributed by atoms with Crippen molar-refractivity contribution in [3.63, 3.8) is 0 Å². The van der Waals surface area contributed by atoms with E-state index in [1.165, 1.54) is 5.56 Å². The Morgan fingerprint density at radius 3 is 2.42 bits per heavy atom. The average molecular weight is 481 g/mol. The second-order valence-electron chi connectivity index (χ2n) is 9.32. The minimum absolute atomic E-state index is 0.202. The van der Waals surface area contributed by atoms with E-state index in [-0.39, 0.29) is 12.1 Å². The van der Waals surface area contributed by atoms with Crippen LogP contribution in [0.25, 0.3) is 5.70 Å². The third-order valence-corrected chi connectivity index (χ3v) is 6.95. The summed E-state index contributed by atoms with van der Waals surface area (Å²) in [5.41, 5.74) is 6.44. The molecule has 182 valence electrons. The topological polar surface area (TPSA) is 70.4 Å². The van der Waals surface area contributed by atoms with Gasteiger partial charge in [-0.3, -0.25) is 0 Å². The summed E-state index contributed by atoms with van der Waals surface area (Å²) >= 11 is 0. The number of hydrogen-bond acceptors (Lipinski definition) is 6. The van der Waals surface area contributed by atoms with Crippen molar-refractivity contribution in [1.82, 2.24) is 14.8 Å². The van der Waals surface area contributed by atoms with E-state index >= 15 is 0 Å². The molecule has 0 saturated carbocycles. The van der Waals surface area contributed by atoms with Crippen LogP contribution in [0.15, 0.2) is 78.6 Å². The zero-order valence-corrected chi connectivity index (χ0v) is 20.7. The Balaban J connectivity index is 1.58. The summed E-state index contributed by atoms with van der Waals surface area (Å²) in [6.45, 7) is 4.41. The highest BCUT2D eigenvalue weighted by Gasteiger charge is 2.41. The zero-order chi connectivity index (χ0) is 24.8. The molecule has 0 aliphatic carbocycles. The monoisotopic (exact) mass is 480 g/mol. The van der Waals surface area contributed by atoms with E-state index in [4.69, 9.17) is 14.2 Å². The molecule has 0 bridgehead atoms. The Kier molecular flexibility index (Phi) is 5.40. The molecule has 0 spiro atoms. The Labute approximate surface area is 210 Å². The molecule has 0 saturated heterocycles. The second-order valence-corrected chi connectivity index (χ2v) is 9.32. The van der Waals surface area contributed by atoms with Crippen molar-refractivity contribution >= 4 is 11.6 Å². The van der Waals surface area contributed by atoms with Gasteiger partial charge in [0.25, 0.3) is 0 Å². The molecule has 2 aliphatic heterocycles. The maximum absolute atomic E-state index is 6.71. The van der Waals surface area contributed by atoms with Gasteiger partial charge in [0.1, 0.15) is 24.2 Å². The van der Waals surface area contributed by atoms with Crippen LogP contribution in [0, 0.1) is 0 Å². The molecule has 6 rings (SSSR count). The van der Waals surface area contributed by atoms with Crippen molar-refractivity contribution in [1.29, 1.82) is 0 Å². The van der Waals surface area contributed by atoms with Gasteiger partial charge in [-0.05, 0) is 41.3 Å². The molecule has 4 aromatic rings. The first kappa shape index (κ1) is 22.2. The predicted molar refractivity (Wildman–Crippen MR) is 139 cm³/mol. The van der Waals surface area contributed by atoms with Gasteiger partial charge in [-0.25, -0.2) is 4.68 Å². The maximum Gasteiger partial charge on any atom is 0.226 e. The SMILES string of the molecule is COc1ccc([C@H]2Oc3ccccc3C3=C2[C@H](c2ccc(C(C)C)cc2)n2ncnc2N3)cc1OC. The summed E-state index contributed by atoms with van der Waals surface area (Å²) in [4.78, 5) is 4.52. The normalized spacial score (nSPS) is 18.0.